The highest BCUT2D eigenvalue weighted by Crippen LogP contribution is 2.37. The molecular formula is C18H22N2O5. The van der Waals surface area contributed by atoms with Gasteiger partial charge in [0.05, 0.1) is 12.1 Å². The average Bonchev–Trinajstić information content (AvgIpc) is 2.82. The molecule has 0 aromatic heterocycles. The zero-order valence-electron chi connectivity index (χ0n) is 14.8. The number of esters is 1. The van der Waals surface area contributed by atoms with E-state index in [1.165, 1.54) is 9.80 Å². The molecule has 1 aromatic carbocycles. The molecule has 3 atom stereocenters. The second-order valence-electron chi connectivity index (χ2n) is 7.34. The number of carbonyl (C=O) groups excluding carboxylic acids is 3. The molecule has 0 saturated carbocycles. The van der Waals surface area contributed by atoms with Gasteiger partial charge >= 0.3 is 18.2 Å². The summed E-state index contributed by atoms with van der Waals surface area (Å²) in [5.74, 6) is -0.633. The van der Waals surface area contributed by atoms with Crippen LogP contribution in [0.25, 0.3) is 0 Å². The summed E-state index contributed by atoms with van der Waals surface area (Å²) in [5.41, 5.74) is 0.182. The van der Waals surface area contributed by atoms with Gasteiger partial charge in [-0.3, -0.25) is 4.90 Å². The molecule has 2 amide bonds. The largest absolute Gasteiger partial charge is 0.444 e. The Kier molecular flexibility index (Phi) is 4.18. The topological polar surface area (TPSA) is 76.2 Å². The lowest BCUT2D eigenvalue weighted by Crippen LogP contribution is -2.61. The van der Waals surface area contributed by atoms with Gasteiger partial charge in [-0.2, -0.15) is 0 Å². The SMILES string of the molecule is C[C@H]1[C@@H]2C(=O)OC(=O)N2[C@@H](c2ccccc2)CN1C(=O)OC(C)(C)C. The third-order valence-corrected chi connectivity index (χ3v) is 4.41. The minimum absolute atomic E-state index is 0.235. The molecule has 2 saturated heterocycles. The molecule has 0 radical (unpaired) electrons. The molecule has 2 aliphatic heterocycles. The zero-order chi connectivity index (χ0) is 18.4. The molecule has 0 aliphatic carbocycles. The van der Waals surface area contributed by atoms with Crippen molar-refractivity contribution in [1.29, 1.82) is 0 Å². The molecule has 7 nitrogen and oxygen atoms in total. The first-order chi connectivity index (χ1) is 11.7. The highest BCUT2D eigenvalue weighted by Gasteiger charge is 2.54. The second-order valence-corrected chi connectivity index (χ2v) is 7.34. The molecule has 7 heteroatoms. The molecule has 134 valence electrons. The Hall–Kier alpha value is -2.57. The average molecular weight is 346 g/mol. The molecule has 0 spiro atoms. The van der Waals surface area contributed by atoms with Crippen molar-refractivity contribution in [2.75, 3.05) is 6.54 Å². The highest BCUT2D eigenvalue weighted by molar-refractivity contribution is 5.97. The fourth-order valence-electron chi connectivity index (χ4n) is 3.29. The van der Waals surface area contributed by atoms with Crippen LogP contribution in [0, 0.1) is 0 Å². The van der Waals surface area contributed by atoms with Crippen LogP contribution in [0.15, 0.2) is 30.3 Å². The van der Waals surface area contributed by atoms with Crippen LogP contribution in [-0.2, 0) is 14.3 Å². The van der Waals surface area contributed by atoms with Crippen molar-refractivity contribution in [3.63, 3.8) is 0 Å². The van der Waals surface area contributed by atoms with Gasteiger partial charge in [-0.25, -0.2) is 14.4 Å². The van der Waals surface area contributed by atoms with Crippen LogP contribution >= 0.6 is 0 Å². The summed E-state index contributed by atoms with van der Waals surface area (Å²) in [6, 6.07) is 7.46. The number of benzene rings is 1. The summed E-state index contributed by atoms with van der Waals surface area (Å²) in [5, 5.41) is 0. The first kappa shape index (κ1) is 17.3. The minimum Gasteiger partial charge on any atom is -0.444 e. The Morgan fingerprint density at radius 3 is 2.44 bits per heavy atom. The minimum atomic E-state index is -0.834. The molecule has 2 heterocycles. The van der Waals surface area contributed by atoms with Crippen LogP contribution in [0.3, 0.4) is 0 Å². The van der Waals surface area contributed by atoms with Crippen molar-refractivity contribution in [2.45, 2.75) is 51.4 Å². The summed E-state index contributed by atoms with van der Waals surface area (Å²) in [4.78, 5) is 40.0. The van der Waals surface area contributed by atoms with Crippen LogP contribution < -0.4 is 0 Å². The summed E-state index contributed by atoms with van der Waals surface area (Å²) in [6.07, 6.45) is -1.17. The zero-order valence-corrected chi connectivity index (χ0v) is 14.8. The van der Waals surface area contributed by atoms with E-state index >= 15 is 0 Å². The van der Waals surface area contributed by atoms with Crippen LogP contribution in [-0.4, -0.2) is 52.2 Å². The Bertz CT molecular complexity index is 697. The Morgan fingerprint density at radius 1 is 1.20 bits per heavy atom. The Labute approximate surface area is 146 Å². The summed E-state index contributed by atoms with van der Waals surface area (Å²) >= 11 is 0. The van der Waals surface area contributed by atoms with E-state index in [9.17, 15) is 14.4 Å². The van der Waals surface area contributed by atoms with Crippen LogP contribution in [0.5, 0.6) is 0 Å². The molecule has 2 fully saturated rings. The van der Waals surface area contributed by atoms with E-state index in [1.54, 1.807) is 27.7 Å². The maximum absolute atomic E-state index is 12.6. The lowest BCUT2D eigenvalue weighted by molar-refractivity contribution is -0.138. The highest BCUT2D eigenvalue weighted by atomic mass is 16.6. The van der Waals surface area contributed by atoms with Gasteiger partial charge in [0.2, 0.25) is 0 Å². The number of ether oxygens (including phenoxy) is 2. The van der Waals surface area contributed by atoms with E-state index in [-0.39, 0.29) is 6.54 Å². The van der Waals surface area contributed by atoms with Crippen molar-refractivity contribution >= 4 is 18.2 Å². The number of nitrogens with zero attached hydrogens (tertiary/aromatic N) is 2. The third kappa shape index (κ3) is 3.18. The predicted molar refractivity (Wildman–Crippen MR) is 88.7 cm³/mol. The second kappa shape index (κ2) is 6.06. The Morgan fingerprint density at radius 2 is 1.84 bits per heavy atom. The molecule has 2 aliphatic rings. The fraction of sp³-hybridized carbons (Fsp3) is 0.500. The number of piperazine rings is 1. The maximum atomic E-state index is 12.6. The Balaban J connectivity index is 1.96. The van der Waals surface area contributed by atoms with Crippen LogP contribution in [0.4, 0.5) is 9.59 Å². The first-order valence-corrected chi connectivity index (χ1v) is 8.27. The van der Waals surface area contributed by atoms with Crippen molar-refractivity contribution in [3.8, 4) is 0 Å². The number of fused-ring (bicyclic) bond motifs is 1. The lowest BCUT2D eigenvalue weighted by atomic mass is 9.95. The van der Waals surface area contributed by atoms with E-state index in [4.69, 9.17) is 9.47 Å². The summed E-state index contributed by atoms with van der Waals surface area (Å²) in [6.45, 7) is 7.32. The third-order valence-electron chi connectivity index (χ3n) is 4.41. The van der Waals surface area contributed by atoms with Gasteiger partial charge in [0.15, 0.2) is 6.04 Å². The number of rotatable bonds is 1. The summed E-state index contributed by atoms with van der Waals surface area (Å²) in [7, 11) is 0. The van der Waals surface area contributed by atoms with Gasteiger partial charge in [-0.1, -0.05) is 30.3 Å². The lowest BCUT2D eigenvalue weighted by Gasteiger charge is -2.45. The smallest absolute Gasteiger partial charge is 0.418 e. The number of cyclic esters (lactones) is 2. The monoisotopic (exact) mass is 346 g/mol. The molecule has 3 rings (SSSR count). The number of amides is 2. The molecule has 0 unspecified atom stereocenters. The van der Waals surface area contributed by atoms with Gasteiger partial charge in [-0.15, -0.1) is 0 Å². The number of hydrogen-bond donors (Lipinski definition) is 0. The molecule has 0 bridgehead atoms. The van der Waals surface area contributed by atoms with E-state index in [0.717, 1.165) is 5.56 Å². The van der Waals surface area contributed by atoms with Gasteiger partial charge in [0, 0.05) is 6.54 Å². The maximum Gasteiger partial charge on any atom is 0.418 e. The molecule has 0 N–H and O–H groups in total. The molecule has 1 aromatic rings. The van der Waals surface area contributed by atoms with Crippen LogP contribution in [0.2, 0.25) is 0 Å². The molecular weight excluding hydrogens is 324 g/mol. The quantitative estimate of drug-likeness (QED) is 0.577. The van der Waals surface area contributed by atoms with Crippen molar-refractivity contribution in [3.05, 3.63) is 35.9 Å². The van der Waals surface area contributed by atoms with Gasteiger partial charge in [0.1, 0.15) is 5.60 Å². The van der Waals surface area contributed by atoms with E-state index < -0.39 is 41.9 Å². The number of hydrogen-bond acceptors (Lipinski definition) is 5. The normalized spacial score (nSPS) is 26.3. The summed E-state index contributed by atoms with van der Waals surface area (Å²) < 4.78 is 10.3. The fourth-order valence-corrected chi connectivity index (χ4v) is 3.29. The predicted octanol–water partition coefficient (Wildman–Crippen LogP) is 2.71. The van der Waals surface area contributed by atoms with E-state index in [0.29, 0.717) is 0 Å². The van der Waals surface area contributed by atoms with E-state index in [2.05, 4.69) is 0 Å². The van der Waals surface area contributed by atoms with Gasteiger partial charge in [0.25, 0.3) is 0 Å². The first-order valence-electron chi connectivity index (χ1n) is 8.27. The van der Waals surface area contributed by atoms with Gasteiger partial charge in [-0.05, 0) is 33.3 Å². The van der Waals surface area contributed by atoms with Crippen molar-refractivity contribution in [2.24, 2.45) is 0 Å². The van der Waals surface area contributed by atoms with Gasteiger partial charge < -0.3 is 14.4 Å². The van der Waals surface area contributed by atoms with Crippen LogP contribution in [0.1, 0.15) is 39.3 Å². The number of carbonyl (C=O) groups is 3. The standard InChI is InChI=1S/C18H22N2O5/c1-11-14-15(21)24-17(23)20(14)13(12-8-6-5-7-9-12)10-19(11)16(22)25-18(2,3)4/h5-9,11,13-14H,10H2,1-4H3/t11-,13+,14+/m0/s1. The van der Waals surface area contributed by atoms with Crippen molar-refractivity contribution in [1.82, 2.24) is 9.80 Å². The van der Waals surface area contributed by atoms with E-state index in [1.807, 2.05) is 30.3 Å². The molecule has 25 heavy (non-hydrogen) atoms. The van der Waals surface area contributed by atoms with Crippen molar-refractivity contribution < 1.29 is 23.9 Å².